The fourth-order valence-corrected chi connectivity index (χ4v) is 6.32. The predicted molar refractivity (Wildman–Crippen MR) is 141 cm³/mol. The number of hydrogen-bond donors (Lipinski definition) is 5. The van der Waals surface area contributed by atoms with Crippen molar-refractivity contribution in [3.63, 3.8) is 0 Å². The first-order valence-electron chi connectivity index (χ1n) is 13.8. The minimum absolute atomic E-state index is 0.0860. The van der Waals surface area contributed by atoms with E-state index in [1.54, 1.807) is 0 Å². The van der Waals surface area contributed by atoms with Crippen molar-refractivity contribution in [3.05, 3.63) is 0 Å². The average Bonchev–Trinajstić information content (AvgIpc) is 3.30. The molecule has 1 heterocycles. The number of nitrogens with zero attached hydrogens (tertiary/aromatic N) is 1. The highest BCUT2D eigenvalue weighted by atomic mass is 31.2. The number of rotatable bonds is 17. The number of nitrogens with one attached hydrogen (secondary N) is 2. The summed E-state index contributed by atoms with van der Waals surface area (Å²) in [6.07, 6.45) is 5.35. The Morgan fingerprint density at radius 3 is 2.37 bits per heavy atom. The number of carbonyl (C=O) groups excluding carboxylic acids is 3. The molecule has 5 atom stereocenters. The second kappa shape index (κ2) is 15.5. The van der Waals surface area contributed by atoms with Gasteiger partial charge < -0.3 is 31.3 Å². The number of aliphatic carboxylic acids is 1. The smallest absolute Gasteiger partial charge is 0.330 e. The van der Waals surface area contributed by atoms with Crippen LogP contribution in [0.4, 0.5) is 0 Å². The lowest BCUT2D eigenvalue weighted by atomic mass is 9.84. The number of carbonyl (C=O) groups is 4. The van der Waals surface area contributed by atoms with E-state index in [1.165, 1.54) is 11.8 Å². The summed E-state index contributed by atoms with van der Waals surface area (Å²) >= 11 is 0. The molecule has 2 aliphatic rings. The molecule has 38 heavy (non-hydrogen) atoms. The third-order valence-electron chi connectivity index (χ3n) is 7.25. The van der Waals surface area contributed by atoms with Crippen molar-refractivity contribution in [1.29, 1.82) is 0 Å². The van der Waals surface area contributed by atoms with Gasteiger partial charge in [-0.05, 0) is 64.8 Å². The van der Waals surface area contributed by atoms with Gasteiger partial charge in [-0.15, -0.1) is 0 Å². The molecule has 0 spiro atoms. The predicted octanol–water partition coefficient (Wildman–Crippen LogP) is 1.74. The molecule has 12 nitrogen and oxygen atoms in total. The van der Waals surface area contributed by atoms with E-state index in [1.807, 2.05) is 6.92 Å². The van der Waals surface area contributed by atoms with Gasteiger partial charge in [0, 0.05) is 18.5 Å². The molecule has 0 aromatic heterocycles. The second-order valence-corrected chi connectivity index (χ2v) is 12.3. The van der Waals surface area contributed by atoms with Crippen LogP contribution in [0.25, 0.3) is 0 Å². The molecule has 0 bridgehead atoms. The molecule has 2 fully saturated rings. The summed E-state index contributed by atoms with van der Waals surface area (Å²) in [5.74, 6) is -2.45. The van der Waals surface area contributed by atoms with E-state index >= 15 is 0 Å². The van der Waals surface area contributed by atoms with Crippen LogP contribution in [0.5, 0.6) is 0 Å². The molecule has 3 amide bonds. The van der Waals surface area contributed by atoms with Crippen molar-refractivity contribution < 1.29 is 38.3 Å². The highest BCUT2D eigenvalue weighted by molar-refractivity contribution is 7.52. The fraction of sp³-hybridized carbons (Fsp3) is 0.840. The van der Waals surface area contributed by atoms with Gasteiger partial charge in [-0.3, -0.25) is 23.5 Å². The van der Waals surface area contributed by atoms with Gasteiger partial charge in [-0.2, -0.15) is 0 Å². The van der Waals surface area contributed by atoms with E-state index in [0.29, 0.717) is 51.5 Å². The maximum absolute atomic E-state index is 13.2. The lowest BCUT2D eigenvalue weighted by Gasteiger charge is -2.29. The quantitative estimate of drug-likeness (QED) is 0.130. The van der Waals surface area contributed by atoms with Crippen LogP contribution in [-0.4, -0.2) is 82.1 Å². The Kier molecular flexibility index (Phi) is 13.2. The van der Waals surface area contributed by atoms with Crippen molar-refractivity contribution in [2.24, 2.45) is 11.7 Å². The van der Waals surface area contributed by atoms with Gasteiger partial charge in [0.25, 0.3) is 5.91 Å². The average molecular weight is 561 g/mol. The molecular formula is C25H45N4O8P. The third kappa shape index (κ3) is 9.94. The van der Waals surface area contributed by atoms with Crippen LogP contribution in [0.1, 0.15) is 84.5 Å². The molecule has 6 N–H and O–H groups in total. The number of nitrogens with two attached hydrogens (primary N) is 1. The molecule has 1 saturated carbocycles. The molecule has 2 unspecified atom stereocenters. The molecule has 0 radical (unpaired) electrons. The van der Waals surface area contributed by atoms with Crippen LogP contribution in [0.15, 0.2) is 0 Å². The van der Waals surface area contributed by atoms with Crippen molar-refractivity contribution in [1.82, 2.24) is 15.5 Å². The first kappa shape index (κ1) is 32.2. The molecular weight excluding hydrogens is 515 g/mol. The standard InChI is InChI=1S/C25H45N4O8P/c1-3-4-11-19(27-23(31)20(12-5-6-14-26)28-22(30)18-9-7-10-18)16-38(35,36)37-17(2)24(32)29-15-8-13-21(29)25(33)34/h17-21H,3-16,26H2,1-2H3,(H,27,31)(H,28,30)(H,33,34)(H,35,36)/t17-,19?,20-,21-/m0/s1. The molecule has 218 valence electrons. The van der Waals surface area contributed by atoms with Crippen LogP contribution in [0, 0.1) is 5.92 Å². The Morgan fingerprint density at radius 1 is 1.08 bits per heavy atom. The zero-order valence-corrected chi connectivity index (χ0v) is 23.5. The number of likely N-dealkylation sites (tertiary alicyclic amines) is 1. The minimum Gasteiger partial charge on any atom is -0.480 e. The first-order chi connectivity index (χ1) is 18.0. The molecule has 0 aromatic carbocycles. The molecule has 1 saturated heterocycles. The van der Waals surface area contributed by atoms with Crippen LogP contribution in [0.2, 0.25) is 0 Å². The summed E-state index contributed by atoms with van der Waals surface area (Å²) in [6, 6.07) is -2.47. The largest absolute Gasteiger partial charge is 0.480 e. The Hall–Kier alpha value is -2.01. The van der Waals surface area contributed by atoms with Gasteiger partial charge >= 0.3 is 13.6 Å². The van der Waals surface area contributed by atoms with Crippen molar-refractivity contribution >= 4 is 31.3 Å². The summed E-state index contributed by atoms with van der Waals surface area (Å²) in [7, 11) is -4.35. The maximum atomic E-state index is 13.2. The van der Waals surface area contributed by atoms with Crippen LogP contribution in [-0.2, 0) is 28.3 Å². The molecule has 0 aromatic rings. The van der Waals surface area contributed by atoms with Crippen LogP contribution >= 0.6 is 7.60 Å². The second-order valence-electron chi connectivity index (χ2n) is 10.4. The Labute approximate surface area is 224 Å². The zero-order valence-electron chi connectivity index (χ0n) is 22.6. The number of hydrogen-bond acceptors (Lipinski definition) is 7. The Morgan fingerprint density at radius 2 is 1.79 bits per heavy atom. The van der Waals surface area contributed by atoms with Crippen molar-refractivity contribution in [2.45, 2.75) is 109 Å². The van der Waals surface area contributed by atoms with Gasteiger partial charge in [0.15, 0.2) is 0 Å². The van der Waals surface area contributed by atoms with Crippen LogP contribution in [0.3, 0.4) is 0 Å². The SMILES string of the molecule is CCCCC(CP(=O)(O)O[C@@H](C)C(=O)N1CCC[C@H]1C(=O)O)NC(=O)[C@H](CCCCN)NC(=O)C1CCC1. The molecule has 1 aliphatic carbocycles. The molecule has 13 heteroatoms. The van der Waals surface area contributed by atoms with E-state index in [9.17, 15) is 33.7 Å². The number of amides is 3. The van der Waals surface area contributed by atoms with Crippen LogP contribution < -0.4 is 16.4 Å². The first-order valence-corrected chi connectivity index (χ1v) is 15.6. The van der Waals surface area contributed by atoms with Crippen molar-refractivity contribution in [2.75, 3.05) is 19.3 Å². The topological polar surface area (TPSA) is 188 Å². The van der Waals surface area contributed by atoms with Crippen molar-refractivity contribution in [3.8, 4) is 0 Å². The summed E-state index contributed by atoms with van der Waals surface area (Å²) in [5, 5.41) is 15.0. The van der Waals surface area contributed by atoms with E-state index in [-0.39, 0.29) is 18.4 Å². The molecule has 1 aliphatic heterocycles. The van der Waals surface area contributed by atoms with Gasteiger partial charge in [-0.1, -0.05) is 26.2 Å². The fourth-order valence-electron chi connectivity index (χ4n) is 4.82. The number of carboxylic acid groups (broad SMARTS) is 1. The Balaban J connectivity index is 2.03. The third-order valence-corrected chi connectivity index (χ3v) is 8.80. The summed E-state index contributed by atoms with van der Waals surface area (Å²) in [4.78, 5) is 61.7. The van der Waals surface area contributed by atoms with Gasteiger partial charge in [0.05, 0.1) is 6.16 Å². The zero-order chi connectivity index (χ0) is 28.3. The monoisotopic (exact) mass is 560 g/mol. The normalized spacial score (nSPS) is 21.6. The van der Waals surface area contributed by atoms with E-state index < -0.39 is 55.8 Å². The number of carboxylic acids is 1. The van der Waals surface area contributed by atoms with Gasteiger partial charge in [0.1, 0.15) is 18.2 Å². The Bertz CT molecular complexity index is 868. The number of unbranched alkanes of at least 4 members (excludes halogenated alkanes) is 2. The summed E-state index contributed by atoms with van der Waals surface area (Å²) < 4.78 is 18.3. The lowest BCUT2D eigenvalue weighted by molar-refractivity contribution is -0.151. The minimum atomic E-state index is -4.35. The lowest BCUT2D eigenvalue weighted by Crippen LogP contribution is -2.52. The highest BCUT2D eigenvalue weighted by Gasteiger charge is 2.39. The summed E-state index contributed by atoms with van der Waals surface area (Å²) in [6.45, 7) is 3.99. The van der Waals surface area contributed by atoms with Gasteiger partial charge in [-0.25, -0.2) is 4.79 Å². The van der Waals surface area contributed by atoms with E-state index in [2.05, 4.69) is 10.6 Å². The van der Waals surface area contributed by atoms with E-state index in [4.69, 9.17) is 10.3 Å². The molecule has 2 rings (SSSR count). The highest BCUT2D eigenvalue weighted by Crippen LogP contribution is 2.45. The summed E-state index contributed by atoms with van der Waals surface area (Å²) in [5.41, 5.74) is 5.58. The maximum Gasteiger partial charge on any atom is 0.330 e. The van der Waals surface area contributed by atoms with Gasteiger partial charge in [0.2, 0.25) is 11.8 Å². The van der Waals surface area contributed by atoms with E-state index in [0.717, 1.165) is 25.7 Å².